The van der Waals surface area contributed by atoms with E-state index in [0.717, 1.165) is 31.4 Å². The Morgan fingerprint density at radius 3 is 2.79 bits per heavy atom. The van der Waals surface area contributed by atoms with Gasteiger partial charge >= 0.3 is 6.09 Å². The van der Waals surface area contributed by atoms with Gasteiger partial charge in [-0.1, -0.05) is 24.8 Å². The first-order chi connectivity index (χ1) is 15.8. The van der Waals surface area contributed by atoms with Crippen LogP contribution in [0.15, 0.2) is 47.2 Å². The van der Waals surface area contributed by atoms with Gasteiger partial charge in [-0.15, -0.1) is 0 Å². The Kier molecular flexibility index (Phi) is 6.86. The Labute approximate surface area is 196 Å². The average molecular weight is 450 g/mol. The highest BCUT2D eigenvalue weighted by Crippen LogP contribution is 2.28. The van der Waals surface area contributed by atoms with Crippen molar-refractivity contribution in [3.05, 3.63) is 48.3 Å². The summed E-state index contributed by atoms with van der Waals surface area (Å²) in [6.07, 6.45) is 9.59. The van der Waals surface area contributed by atoms with E-state index in [2.05, 4.69) is 45.9 Å². The van der Waals surface area contributed by atoms with Crippen LogP contribution in [0.1, 0.15) is 51.2 Å². The van der Waals surface area contributed by atoms with Crippen LogP contribution < -0.4 is 5.32 Å². The largest absolute Gasteiger partial charge is 0.444 e. The summed E-state index contributed by atoms with van der Waals surface area (Å²) in [5.74, 6) is 0.977. The molecule has 2 aliphatic rings. The number of ether oxygens (including phenoxy) is 1. The van der Waals surface area contributed by atoms with Crippen molar-refractivity contribution in [2.45, 2.75) is 58.6 Å². The van der Waals surface area contributed by atoms with Crippen LogP contribution in [0, 0.1) is 5.92 Å². The van der Waals surface area contributed by atoms with Gasteiger partial charge in [0.25, 0.3) is 0 Å². The van der Waals surface area contributed by atoms with Crippen molar-refractivity contribution < 1.29 is 9.53 Å². The number of aliphatic imine (C=N–C) groups is 2. The lowest BCUT2D eigenvalue weighted by molar-refractivity contribution is 0.0187. The molecule has 1 saturated heterocycles. The first kappa shape index (κ1) is 23.1. The molecule has 0 saturated carbocycles. The molecule has 0 spiro atoms. The number of amides is 1. The number of hydrogen-bond donors (Lipinski definition) is 1. The first-order valence-electron chi connectivity index (χ1n) is 11.9. The van der Waals surface area contributed by atoms with Crippen molar-refractivity contribution in [1.82, 2.24) is 14.8 Å². The number of aromatic nitrogens is 1. The minimum absolute atomic E-state index is 0.227. The van der Waals surface area contributed by atoms with Crippen molar-refractivity contribution in [3.8, 4) is 0 Å². The van der Waals surface area contributed by atoms with Gasteiger partial charge in [-0.3, -0.25) is 4.99 Å². The topological polar surface area (TPSA) is 71.2 Å². The maximum Gasteiger partial charge on any atom is 0.410 e. The maximum absolute atomic E-state index is 12.3. The zero-order chi connectivity index (χ0) is 23.4. The van der Waals surface area contributed by atoms with Gasteiger partial charge < -0.3 is 19.5 Å². The minimum atomic E-state index is -0.465. The van der Waals surface area contributed by atoms with E-state index in [4.69, 9.17) is 9.73 Å². The molecule has 7 nitrogen and oxygen atoms in total. The molecule has 0 atom stereocenters. The van der Waals surface area contributed by atoms with E-state index in [1.165, 1.54) is 22.9 Å². The predicted octanol–water partition coefficient (Wildman–Crippen LogP) is 4.74. The van der Waals surface area contributed by atoms with E-state index >= 15 is 0 Å². The lowest BCUT2D eigenvalue weighted by atomic mass is 9.97. The number of likely N-dealkylation sites (tertiary alicyclic amines) is 1. The molecule has 0 bridgehead atoms. The van der Waals surface area contributed by atoms with Gasteiger partial charge in [0, 0.05) is 49.5 Å². The number of nitrogens with one attached hydrogen (secondary N) is 1. The Bertz CT molecular complexity index is 1070. The number of rotatable bonds is 4. The van der Waals surface area contributed by atoms with Crippen LogP contribution in [0.2, 0.25) is 0 Å². The highest BCUT2D eigenvalue weighted by Gasteiger charge is 2.26. The lowest BCUT2D eigenvalue weighted by Gasteiger charge is -2.33. The minimum Gasteiger partial charge on any atom is -0.444 e. The van der Waals surface area contributed by atoms with Crippen LogP contribution in [-0.2, 0) is 17.7 Å². The smallest absolute Gasteiger partial charge is 0.410 e. The van der Waals surface area contributed by atoms with Gasteiger partial charge in [-0.05, 0) is 64.1 Å². The number of nitrogens with zero attached hydrogens (tertiary/aromatic N) is 4. The molecule has 0 aliphatic carbocycles. The second-order valence-electron chi connectivity index (χ2n) is 9.88. The fourth-order valence-corrected chi connectivity index (χ4v) is 4.57. The van der Waals surface area contributed by atoms with Gasteiger partial charge in [0.15, 0.2) is 0 Å². The molecule has 7 heteroatoms. The predicted molar refractivity (Wildman–Crippen MR) is 134 cm³/mol. The Morgan fingerprint density at radius 1 is 1.27 bits per heavy atom. The van der Waals surface area contributed by atoms with Crippen molar-refractivity contribution >= 4 is 29.2 Å². The van der Waals surface area contributed by atoms with E-state index in [1.54, 1.807) is 11.1 Å². The average Bonchev–Trinajstić information content (AvgIpc) is 3.14. The van der Waals surface area contributed by atoms with Crippen LogP contribution in [-0.4, -0.2) is 53.0 Å². The van der Waals surface area contributed by atoms with Crippen LogP contribution >= 0.6 is 0 Å². The highest BCUT2D eigenvalue weighted by atomic mass is 16.6. The van der Waals surface area contributed by atoms with E-state index < -0.39 is 5.60 Å². The summed E-state index contributed by atoms with van der Waals surface area (Å²) >= 11 is 0. The molecule has 1 amide bonds. The summed E-state index contributed by atoms with van der Waals surface area (Å²) in [6, 6.07) is 6.52. The van der Waals surface area contributed by atoms with Gasteiger partial charge in [0.05, 0.1) is 5.52 Å². The molecule has 2 aliphatic heterocycles. The lowest BCUT2D eigenvalue weighted by Crippen LogP contribution is -2.42. The second-order valence-corrected chi connectivity index (χ2v) is 9.88. The van der Waals surface area contributed by atoms with Crippen molar-refractivity contribution in [2.75, 3.05) is 19.6 Å². The standard InChI is InChI=1S/C26H35N5O2/c1-5-27-24(28-16-19-11-14-30(15-12-19)25(32)33-26(2,3)4)29-17-21-18-31-13-7-9-20-8-6-10-22(21)23(20)31/h5-6,8,10,17-19H,1,7,9,11-16H2,2-4H3,(H,27,28)/b29-17+. The summed E-state index contributed by atoms with van der Waals surface area (Å²) in [4.78, 5) is 23.4. The monoisotopic (exact) mass is 449 g/mol. The molecule has 1 N–H and O–H groups in total. The molecular formula is C26H35N5O2. The zero-order valence-electron chi connectivity index (χ0n) is 20.0. The van der Waals surface area contributed by atoms with E-state index in [1.807, 2.05) is 27.0 Å². The van der Waals surface area contributed by atoms with Crippen LogP contribution in [0.5, 0.6) is 0 Å². The molecule has 2 aromatic rings. The number of para-hydroxylation sites is 1. The molecule has 1 aromatic carbocycles. The third kappa shape index (κ3) is 5.64. The fraction of sp³-hybridized carbons (Fsp3) is 0.500. The molecule has 1 aromatic heterocycles. The molecule has 176 valence electrons. The number of benzene rings is 1. The summed E-state index contributed by atoms with van der Waals surface area (Å²) in [5, 5.41) is 4.30. The van der Waals surface area contributed by atoms with Crippen LogP contribution in [0.4, 0.5) is 4.79 Å². The number of aryl methyl sites for hydroxylation is 2. The summed E-state index contributed by atoms with van der Waals surface area (Å²) < 4.78 is 7.82. The van der Waals surface area contributed by atoms with Gasteiger partial charge in [-0.2, -0.15) is 0 Å². The Hall–Kier alpha value is -3.09. The van der Waals surface area contributed by atoms with Crippen molar-refractivity contribution in [3.63, 3.8) is 0 Å². The van der Waals surface area contributed by atoms with E-state index in [9.17, 15) is 4.79 Å². The normalized spacial score (nSPS) is 17.5. The fourth-order valence-electron chi connectivity index (χ4n) is 4.57. The third-order valence-corrected chi connectivity index (χ3v) is 6.18. The highest BCUT2D eigenvalue weighted by molar-refractivity contribution is 6.04. The quantitative estimate of drug-likeness (QED) is 0.541. The zero-order valence-corrected chi connectivity index (χ0v) is 20.0. The van der Waals surface area contributed by atoms with Gasteiger partial charge in [-0.25, -0.2) is 9.79 Å². The summed E-state index contributed by atoms with van der Waals surface area (Å²) in [7, 11) is 0. The number of hydrogen-bond acceptors (Lipinski definition) is 3. The SMILES string of the molecule is C=CNC(=NCC1CCN(C(=O)OC(C)(C)C)CC1)/N=C/c1cn2c3c(cccc13)CCC2. The van der Waals surface area contributed by atoms with Crippen LogP contribution in [0.25, 0.3) is 10.9 Å². The maximum atomic E-state index is 12.3. The van der Waals surface area contributed by atoms with Crippen LogP contribution in [0.3, 0.4) is 0 Å². The molecular weight excluding hydrogens is 414 g/mol. The van der Waals surface area contributed by atoms with Crippen molar-refractivity contribution in [1.29, 1.82) is 0 Å². The summed E-state index contributed by atoms with van der Waals surface area (Å²) in [5.41, 5.74) is 3.39. The van der Waals surface area contributed by atoms with Gasteiger partial charge in [0.1, 0.15) is 5.60 Å². The Balaban J connectivity index is 1.39. The molecule has 0 radical (unpaired) electrons. The van der Waals surface area contributed by atoms with Gasteiger partial charge in [0.2, 0.25) is 5.96 Å². The number of carbonyl (C=O) groups is 1. The van der Waals surface area contributed by atoms with E-state index in [0.29, 0.717) is 31.5 Å². The molecule has 33 heavy (non-hydrogen) atoms. The van der Waals surface area contributed by atoms with E-state index in [-0.39, 0.29) is 6.09 Å². The summed E-state index contributed by atoms with van der Waals surface area (Å²) in [6.45, 7) is 12.6. The Morgan fingerprint density at radius 2 is 2.06 bits per heavy atom. The number of carbonyl (C=O) groups excluding carboxylic acids is 1. The number of piperidine rings is 1. The first-order valence-corrected chi connectivity index (χ1v) is 11.9. The number of guanidine groups is 1. The molecule has 0 unspecified atom stereocenters. The van der Waals surface area contributed by atoms with Crippen molar-refractivity contribution in [2.24, 2.45) is 15.9 Å². The third-order valence-electron chi connectivity index (χ3n) is 6.18. The molecule has 1 fully saturated rings. The molecule has 3 heterocycles. The molecule has 4 rings (SSSR count). The second kappa shape index (κ2) is 9.81.